The Kier molecular flexibility index (Phi) is 5.11. The summed E-state index contributed by atoms with van der Waals surface area (Å²) in [5, 5.41) is 12.6. The molecule has 0 heterocycles. The van der Waals surface area contributed by atoms with Crippen molar-refractivity contribution in [3.63, 3.8) is 0 Å². The number of rotatable bonds is 5. The number of aromatic hydroxyl groups is 1. The number of thioether (sulfide) groups is 1. The quantitative estimate of drug-likeness (QED) is 0.834. The largest absolute Gasteiger partial charge is 0.507 e. The fourth-order valence-corrected chi connectivity index (χ4v) is 2.26. The van der Waals surface area contributed by atoms with E-state index < -0.39 is 0 Å². The van der Waals surface area contributed by atoms with Crippen molar-refractivity contribution >= 4 is 17.7 Å². The molecule has 2 N–H and O–H groups in total. The third-order valence-electron chi connectivity index (χ3n) is 3.06. The van der Waals surface area contributed by atoms with Crippen LogP contribution in [0.25, 0.3) is 0 Å². The summed E-state index contributed by atoms with van der Waals surface area (Å²) in [6.45, 7) is 0.416. The molecule has 21 heavy (non-hydrogen) atoms. The summed E-state index contributed by atoms with van der Waals surface area (Å²) < 4.78 is 4.99. The SMILES string of the molecule is COc1ccc(C(=O)NCc2ccc(SC)cc2)c(O)c1. The van der Waals surface area contributed by atoms with Crippen molar-refractivity contribution < 1.29 is 14.6 Å². The van der Waals surface area contributed by atoms with Gasteiger partial charge in [0.05, 0.1) is 12.7 Å². The average molecular weight is 303 g/mol. The zero-order chi connectivity index (χ0) is 15.2. The maximum atomic E-state index is 12.0. The molecular weight excluding hydrogens is 286 g/mol. The molecule has 0 spiro atoms. The first kappa shape index (κ1) is 15.3. The van der Waals surface area contributed by atoms with Gasteiger partial charge in [0.15, 0.2) is 0 Å². The molecule has 0 aliphatic heterocycles. The van der Waals surface area contributed by atoms with E-state index in [0.29, 0.717) is 12.3 Å². The Morgan fingerprint density at radius 2 is 1.95 bits per heavy atom. The van der Waals surface area contributed by atoms with Gasteiger partial charge in [0.1, 0.15) is 11.5 Å². The molecule has 2 aromatic rings. The van der Waals surface area contributed by atoms with Crippen molar-refractivity contribution in [3.8, 4) is 11.5 Å². The Labute approximate surface area is 128 Å². The molecule has 5 heteroatoms. The normalized spacial score (nSPS) is 10.2. The lowest BCUT2D eigenvalue weighted by molar-refractivity contribution is 0.0948. The number of hydrogen-bond donors (Lipinski definition) is 2. The van der Waals surface area contributed by atoms with Gasteiger partial charge in [-0.1, -0.05) is 12.1 Å². The van der Waals surface area contributed by atoms with E-state index >= 15 is 0 Å². The minimum Gasteiger partial charge on any atom is -0.507 e. The summed E-state index contributed by atoms with van der Waals surface area (Å²) >= 11 is 1.67. The maximum absolute atomic E-state index is 12.0. The van der Waals surface area contributed by atoms with Gasteiger partial charge >= 0.3 is 0 Å². The Hall–Kier alpha value is -2.14. The number of nitrogens with one attached hydrogen (secondary N) is 1. The Balaban J connectivity index is 2.00. The molecule has 0 aliphatic rings. The molecule has 0 atom stereocenters. The second kappa shape index (κ2) is 7.04. The Bertz CT molecular complexity index is 626. The number of hydrogen-bond acceptors (Lipinski definition) is 4. The number of phenols is 1. The van der Waals surface area contributed by atoms with Crippen molar-refractivity contribution in [1.29, 1.82) is 0 Å². The van der Waals surface area contributed by atoms with Crippen molar-refractivity contribution in [2.45, 2.75) is 11.4 Å². The molecule has 0 fully saturated rings. The standard InChI is InChI=1S/C16H17NO3S/c1-20-12-5-8-14(15(18)9-12)16(19)17-10-11-3-6-13(21-2)7-4-11/h3-9,18H,10H2,1-2H3,(H,17,19). The summed E-state index contributed by atoms with van der Waals surface area (Å²) in [6.07, 6.45) is 2.02. The van der Waals surface area contributed by atoms with E-state index in [1.54, 1.807) is 23.9 Å². The van der Waals surface area contributed by atoms with Crippen LogP contribution in [0.5, 0.6) is 11.5 Å². The molecule has 4 nitrogen and oxygen atoms in total. The number of ether oxygens (including phenoxy) is 1. The Morgan fingerprint density at radius 3 is 2.52 bits per heavy atom. The van der Waals surface area contributed by atoms with E-state index in [0.717, 1.165) is 5.56 Å². The first-order chi connectivity index (χ1) is 10.1. The maximum Gasteiger partial charge on any atom is 0.255 e. The molecule has 0 aliphatic carbocycles. The van der Waals surface area contributed by atoms with Gasteiger partial charge in [-0.15, -0.1) is 11.8 Å². The van der Waals surface area contributed by atoms with Gasteiger partial charge in [-0.25, -0.2) is 0 Å². The minimum absolute atomic E-state index is 0.0930. The van der Waals surface area contributed by atoms with E-state index in [1.165, 1.54) is 18.1 Å². The predicted octanol–water partition coefficient (Wildman–Crippen LogP) is 3.05. The smallest absolute Gasteiger partial charge is 0.255 e. The number of amides is 1. The summed E-state index contributed by atoms with van der Waals surface area (Å²) in [6, 6.07) is 12.6. The molecule has 0 unspecified atom stereocenters. The highest BCUT2D eigenvalue weighted by atomic mass is 32.2. The van der Waals surface area contributed by atoms with Crippen LogP contribution in [0.15, 0.2) is 47.4 Å². The van der Waals surface area contributed by atoms with Gasteiger partial charge in [0.2, 0.25) is 0 Å². The van der Waals surface area contributed by atoms with Crippen LogP contribution in [0, 0.1) is 0 Å². The summed E-state index contributed by atoms with van der Waals surface area (Å²) in [5.41, 5.74) is 1.24. The number of carbonyl (C=O) groups excluding carboxylic acids is 1. The number of phenolic OH excluding ortho intramolecular Hbond substituents is 1. The van der Waals surface area contributed by atoms with E-state index in [4.69, 9.17) is 4.74 Å². The Morgan fingerprint density at radius 1 is 1.24 bits per heavy atom. The van der Waals surface area contributed by atoms with Crippen LogP contribution < -0.4 is 10.1 Å². The molecule has 1 amide bonds. The van der Waals surface area contributed by atoms with Crippen LogP contribution in [-0.4, -0.2) is 24.4 Å². The topological polar surface area (TPSA) is 58.6 Å². The third kappa shape index (κ3) is 3.92. The molecule has 0 bridgehead atoms. The van der Waals surface area contributed by atoms with E-state index in [-0.39, 0.29) is 17.2 Å². The number of carbonyl (C=O) groups is 1. The van der Waals surface area contributed by atoms with Crippen LogP contribution >= 0.6 is 11.8 Å². The molecule has 0 saturated heterocycles. The fraction of sp³-hybridized carbons (Fsp3) is 0.188. The molecule has 0 saturated carbocycles. The molecule has 2 rings (SSSR count). The van der Waals surface area contributed by atoms with Crippen LogP contribution in [-0.2, 0) is 6.54 Å². The molecule has 2 aromatic carbocycles. The summed E-state index contributed by atoms with van der Waals surface area (Å²) in [7, 11) is 1.51. The number of methoxy groups -OCH3 is 1. The van der Waals surface area contributed by atoms with Gasteiger partial charge < -0.3 is 15.2 Å². The molecular formula is C16H17NO3S. The minimum atomic E-state index is -0.316. The van der Waals surface area contributed by atoms with Crippen LogP contribution in [0.1, 0.15) is 15.9 Å². The van der Waals surface area contributed by atoms with Gasteiger partial charge in [0.25, 0.3) is 5.91 Å². The molecule has 0 radical (unpaired) electrons. The lowest BCUT2D eigenvalue weighted by atomic mass is 10.1. The number of benzene rings is 2. The molecule has 110 valence electrons. The highest BCUT2D eigenvalue weighted by Crippen LogP contribution is 2.23. The average Bonchev–Trinajstić information content (AvgIpc) is 2.52. The van der Waals surface area contributed by atoms with Crippen molar-refractivity contribution in [2.75, 3.05) is 13.4 Å². The first-order valence-corrected chi connectivity index (χ1v) is 7.64. The van der Waals surface area contributed by atoms with Crippen LogP contribution in [0.4, 0.5) is 0 Å². The zero-order valence-corrected chi connectivity index (χ0v) is 12.7. The summed E-state index contributed by atoms with van der Waals surface area (Å²) in [5.74, 6) is 0.102. The monoisotopic (exact) mass is 303 g/mol. The second-order valence-electron chi connectivity index (χ2n) is 4.41. The van der Waals surface area contributed by atoms with Gasteiger partial charge in [-0.05, 0) is 36.1 Å². The van der Waals surface area contributed by atoms with Gasteiger partial charge in [-0.2, -0.15) is 0 Å². The van der Waals surface area contributed by atoms with Gasteiger partial charge in [-0.3, -0.25) is 4.79 Å². The van der Waals surface area contributed by atoms with E-state index in [9.17, 15) is 9.90 Å². The van der Waals surface area contributed by atoms with E-state index in [2.05, 4.69) is 5.32 Å². The second-order valence-corrected chi connectivity index (χ2v) is 5.29. The predicted molar refractivity (Wildman–Crippen MR) is 84.1 cm³/mol. The molecule has 0 aromatic heterocycles. The van der Waals surface area contributed by atoms with Crippen molar-refractivity contribution in [1.82, 2.24) is 5.32 Å². The zero-order valence-electron chi connectivity index (χ0n) is 11.9. The third-order valence-corrected chi connectivity index (χ3v) is 3.81. The van der Waals surface area contributed by atoms with Crippen molar-refractivity contribution in [3.05, 3.63) is 53.6 Å². The van der Waals surface area contributed by atoms with Crippen molar-refractivity contribution in [2.24, 2.45) is 0 Å². The highest BCUT2D eigenvalue weighted by Gasteiger charge is 2.11. The lowest BCUT2D eigenvalue weighted by Crippen LogP contribution is -2.22. The first-order valence-electron chi connectivity index (χ1n) is 6.42. The van der Waals surface area contributed by atoms with E-state index in [1.807, 2.05) is 30.5 Å². The summed E-state index contributed by atoms with van der Waals surface area (Å²) in [4.78, 5) is 13.2. The fourth-order valence-electron chi connectivity index (χ4n) is 1.85. The van der Waals surface area contributed by atoms with Crippen LogP contribution in [0.3, 0.4) is 0 Å². The highest BCUT2D eigenvalue weighted by molar-refractivity contribution is 7.98. The van der Waals surface area contributed by atoms with Gasteiger partial charge in [0, 0.05) is 17.5 Å². The van der Waals surface area contributed by atoms with Crippen LogP contribution in [0.2, 0.25) is 0 Å². The lowest BCUT2D eigenvalue weighted by Gasteiger charge is -2.08.